The average molecular weight is 237 g/mol. The molecule has 0 spiro atoms. The number of aliphatic hydroxyl groups is 2. The van der Waals surface area contributed by atoms with Gasteiger partial charge in [0.2, 0.25) is 0 Å². The van der Waals surface area contributed by atoms with Gasteiger partial charge in [0, 0.05) is 19.2 Å². The maximum Gasteiger partial charge on any atom is 0.147 e. The molecule has 1 aromatic rings. The summed E-state index contributed by atoms with van der Waals surface area (Å²) in [5, 5.41) is 18.0. The van der Waals surface area contributed by atoms with Crippen LogP contribution in [0.5, 0.6) is 0 Å². The van der Waals surface area contributed by atoms with Crippen molar-refractivity contribution < 1.29 is 10.2 Å². The lowest BCUT2D eigenvalue weighted by Gasteiger charge is -2.38. The summed E-state index contributed by atoms with van der Waals surface area (Å²) in [7, 11) is 0. The first-order chi connectivity index (χ1) is 8.35. The molecule has 0 aliphatic heterocycles. The van der Waals surface area contributed by atoms with E-state index in [-0.39, 0.29) is 13.2 Å². The zero-order valence-electron chi connectivity index (χ0n) is 9.92. The van der Waals surface area contributed by atoms with Gasteiger partial charge in [0.05, 0.1) is 24.7 Å². The number of nitrogens with zero attached hydrogens (tertiary/aromatic N) is 3. The van der Waals surface area contributed by atoms with Gasteiger partial charge in [-0.05, 0) is 25.7 Å². The van der Waals surface area contributed by atoms with E-state index in [4.69, 9.17) is 10.2 Å². The molecule has 1 heterocycles. The van der Waals surface area contributed by atoms with E-state index in [2.05, 4.69) is 14.9 Å². The molecule has 0 bridgehead atoms. The molecule has 5 nitrogen and oxygen atoms in total. The molecule has 0 unspecified atom stereocenters. The van der Waals surface area contributed by atoms with Crippen molar-refractivity contribution in [2.45, 2.75) is 38.3 Å². The van der Waals surface area contributed by atoms with E-state index in [1.165, 1.54) is 19.3 Å². The lowest BCUT2D eigenvalue weighted by atomic mass is 9.91. The number of aromatic nitrogens is 2. The highest BCUT2D eigenvalue weighted by molar-refractivity contribution is 5.38. The molecule has 2 rings (SSSR count). The third-order valence-electron chi connectivity index (χ3n) is 3.20. The van der Waals surface area contributed by atoms with Crippen molar-refractivity contribution in [2.24, 2.45) is 0 Å². The lowest BCUT2D eigenvalue weighted by Crippen LogP contribution is -2.41. The van der Waals surface area contributed by atoms with Crippen molar-refractivity contribution in [3.05, 3.63) is 18.1 Å². The van der Waals surface area contributed by atoms with Gasteiger partial charge in [0.1, 0.15) is 5.82 Å². The maximum atomic E-state index is 9.07. The Morgan fingerprint density at radius 1 is 1.29 bits per heavy atom. The lowest BCUT2D eigenvalue weighted by molar-refractivity contribution is 0.274. The van der Waals surface area contributed by atoms with Gasteiger partial charge >= 0.3 is 0 Å². The standard InChI is InChI=1S/C12H19N3O2/c16-6-2-5-15(11-3-1-4-11)12-8-13-7-10(9-17)14-12/h7-8,11,16-17H,1-6,9H2. The summed E-state index contributed by atoms with van der Waals surface area (Å²) in [5.41, 5.74) is 0.593. The zero-order valence-corrected chi connectivity index (χ0v) is 9.92. The van der Waals surface area contributed by atoms with Crippen LogP contribution in [0.2, 0.25) is 0 Å². The average Bonchev–Trinajstić information content (AvgIpc) is 2.32. The molecule has 1 aromatic heterocycles. The van der Waals surface area contributed by atoms with Crippen molar-refractivity contribution >= 4 is 5.82 Å². The molecule has 0 saturated heterocycles. The van der Waals surface area contributed by atoms with E-state index < -0.39 is 0 Å². The molecule has 1 fully saturated rings. The predicted octanol–water partition coefficient (Wildman–Crippen LogP) is 0.710. The van der Waals surface area contributed by atoms with E-state index in [1.54, 1.807) is 12.4 Å². The largest absolute Gasteiger partial charge is 0.396 e. The van der Waals surface area contributed by atoms with Gasteiger partial charge < -0.3 is 15.1 Å². The summed E-state index contributed by atoms with van der Waals surface area (Å²) in [6.45, 7) is 0.903. The van der Waals surface area contributed by atoms with Crippen LogP contribution in [-0.2, 0) is 6.61 Å². The number of hydrogen-bond acceptors (Lipinski definition) is 5. The Kier molecular flexibility index (Phi) is 4.28. The van der Waals surface area contributed by atoms with E-state index in [0.29, 0.717) is 11.7 Å². The van der Waals surface area contributed by atoms with Crippen LogP contribution >= 0.6 is 0 Å². The third kappa shape index (κ3) is 2.92. The van der Waals surface area contributed by atoms with Crippen LogP contribution in [0, 0.1) is 0 Å². The molecule has 0 amide bonds. The summed E-state index contributed by atoms with van der Waals surface area (Å²) in [4.78, 5) is 10.7. The van der Waals surface area contributed by atoms with Crippen LogP contribution in [-0.4, -0.2) is 39.4 Å². The quantitative estimate of drug-likeness (QED) is 0.762. The predicted molar refractivity (Wildman–Crippen MR) is 64.6 cm³/mol. The van der Waals surface area contributed by atoms with E-state index in [9.17, 15) is 0 Å². The van der Waals surface area contributed by atoms with Crippen LogP contribution in [0.15, 0.2) is 12.4 Å². The van der Waals surface area contributed by atoms with Gasteiger partial charge in [-0.25, -0.2) is 4.98 Å². The highest BCUT2D eigenvalue weighted by atomic mass is 16.3. The van der Waals surface area contributed by atoms with Gasteiger partial charge in [-0.15, -0.1) is 0 Å². The number of hydrogen-bond donors (Lipinski definition) is 2. The number of aliphatic hydroxyl groups excluding tert-OH is 2. The fourth-order valence-corrected chi connectivity index (χ4v) is 2.03. The summed E-state index contributed by atoms with van der Waals surface area (Å²) in [6, 6.07) is 0.518. The van der Waals surface area contributed by atoms with Crippen molar-refractivity contribution in [2.75, 3.05) is 18.1 Å². The number of rotatable bonds is 6. The molecule has 1 aliphatic rings. The second-order valence-electron chi connectivity index (χ2n) is 4.38. The second-order valence-corrected chi connectivity index (χ2v) is 4.38. The summed E-state index contributed by atoms with van der Waals surface area (Å²) >= 11 is 0. The van der Waals surface area contributed by atoms with Crippen molar-refractivity contribution in [3.63, 3.8) is 0 Å². The molecule has 17 heavy (non-hydrogen) atoms. The minimum atomic E-state index is -0.0840. The molecule has 94 valence electrons. The molecule has 0 radical (unpaired) electrons. The Balaban J connectivity index is 2.11. The minimum Gasteiger partial charge on any atom is -0.396 e. The van der Waals surface area contributed by atoms with E-state index >= 15 is 0 Å². The van der Waals surface area contributed by atoms with Crippen LogP contribution in [0.25, 0.3) is 0 Å². The fourth-order valence-electron chi connectivity index (χ4n) is 2.03. The van der Waals surface area contributed by atoms with Crippen LogP contribution in [0.4, 0.5) is 5.82 Å². The Morgan fingerprint density at radius 3 is 2.71 bits per heavy atom. The normalized spacial score (nSPS) is 15.6. The highest BCUT2D eigenvalue weighted by Crippen LogP contribution is 2.28. The first-order valence-corrected chi connectivity index (χ1v) is 6.14. The Hall–Kier alpha value is -1.20. The number of anilines is 1. The van der Waals surface area contributed by atoms with Crippen LogP contribution in [0.3, 0.4) is 0 Å². The Bertz CT molecular complexity index is 355. The van der Waals surface area contributed by atoms with Crippen LogP contribution < -0.4 is 4.90 Å². The van der Waals surface area contributed by atoms with Crippen molar-refractivity contribution in [1.29, 1.82) is 0 Å². The molecule has 5 heteroatoms. The van der Waals surface area contributed by atoms with Gasteiger partial charge in [0.15, 0.2) is 0 Å². The van der Waals surface area contributed by atoms with Crippen molar-refractivity contribution in [1.82, 2.24) is 9.97 Å². The molecule has 2 N–H and O–H groups in total. The Labute approximate surface area is 101 Å². The SMILES string of the molecule is OCCCN(c1cncc(CO)n1)C1CCC1. The van der Waals surface area contributed by atoms with Crippen molar-refractivity contribution in [3.8, 4) is 0 Å². The van der Waals surface area contributed by atoms with Gasteiger partial charge in [-0.1, -0.05) is 0 Å². The highest BCUT2D eigenvalue weighted by Gasteiger charge is 2.25. The van der Waals surface area contributed by atoms with E-state index in [0.717, 1.165) is 18.8 Å². The zero-order chi connectivity index (χ0) is 12.1. The third-order valence-corrected chi connectivity index (χ3v) is 3.20. The minimum absolute atomic E-state index is 0.0840. The molecular formula is C12H19N3O2. The Morgan fingerprint density at radius 2 is 2.12 bits per heavy atom. The molecule has 0 aromatic carbocycles. The maximum absolute atomic E-state index is 9.07. The first kappa shape index (κ1) is 12.3. The topological polar surface area (TPSA) is 69.5 Å². The van der Waals surface area contributed by atoms with Gasteiger partial charge in [-0.3, -0.25) is 4.98 Å². The molecular weight excluding hydrogens is 218 g/mol. The first-order valence-electron chi connectivity index (χ1n) is 6.14. The molecule has 0 atom stereocenters. The smallest absolute Gasteiger partial charge is 0.147 e. The van der Waals surface area contributed by atoms with Gasteiger partial charge in [-0.2, -0.15) is 0 Å². The monoisotopic (exact) mass is 237 g/mol. The summed E-state index contributed by atoms with van der Waals surface area (Å²) < 4.78 is 0. The van der Waals surface area contributed by atoms with Gasteiger partial charge in [0.25, 0.3) is 0 Å². The fraction of sp³-hybridized carbons (Fsp3) is 0.667. The second kappa shape index (κ2) is 5.93. The summed E-state index contributed by atoms with van der Waals surface area (Å²) in [6.07, 6.45) is 7.66. The molecule has 1 saturated carbocycles. The molecule has 1 aliphatic carbocycles. The summed E-state index contributed by atoms with van der Waals surface area (Å²) in [5.74, 6) is 0.815. The van der Waals surface area contributed by atoms with E-state index in [1.807, 2.05) is 0 Å². The van der Waals surface area contributed by atoms with Crippen LogP contribution in [0.1, 0.15) is 31.4 Å².